The normalized spacial score (nSPS) is 24.8. The average molecular weight is 310 g/mol. The molecule has 100 valence electrons. The Morgan fingerprint density at radius 3 is 2.83 bits per heavy atom. The molecule has 1 aromatic rings. The Hall–Kier alpha value is -0.340. The molecule has 0 bridgehead atoms. The molecule has 1 N–H and O–H groups in total. The molecule has 1 aliphatic carbocycles. The predicted octanol–water partition coefficient (Wildman–Crippen LogP) is 4.82. The lowest BCUT2D eigenvalue weighted by Crippen LogP contribution is -2.27. The summed E-state index contributed by atoms with van der Waals surface area (Å²) in [4.78, 5) is 0. The third kappa shape index (κ3) is 4.10. The van der Waals surface area contributed by atoms with Gasteiger partial charge in [0, 0.05) is 17.1 Å². The Bertz CT molecular complexity index is 389. The maximum Gasteiger partial charge on any atom is 0.0208 e. The van der Waals surface area contributed by atoms with Crippen molar-refractivity contribution in [3.05, 3.63) is 33.8 Å². The predicted molar refractivity (Wildman–Crippen MR) is 81.8 cm³/mol. The van der Waals surface area contributed by atoms with E-state index in [9.17, 15) is 0 Å². The maximum absolute atomic E-state index is 3.72. The summed E-state index contributed by atoms with van der Waals surface area (Å²) in [6.45, 7) is 5.52. The molecule has 1 fully saturated rings. The molecule has 1 nitrogen and oxygen atoms in total. The Balaban J connectivity index is 1.85. The van der Waals surface area contributed by atoms with Gasteiger partial charge in [-0.1, -0.05) is 47.8 Å². The Morgan fingerprint density at radius 1 is 1.22 bits per heavy atom. The highest BCUT2D eigenvalue weighted by Crippen LogP contribution is 2.23. The second-order valence-electron chi connectivity index (χ2n) is 5.77. The molecule has 2 unspecified atom stereocenters. The molecule has 2 rings (SSSR count). The van der Waals surface area contributed by atoms with Gasteiger partial charge in [-0.05, 0) is 49.3 Å². The van der Waals surface area contributed by atoms with Crippen LogP contribution in [0.5, 0.6) is 0 Å². The van der Waals surface area contributed by atoms with Crippen LogP contribution in [0.2, 0.25) is 0 Å². The maximum atomic E-state index is 3.72. The Labute approximate surface area is 119 Å². The minimum absolute atomic E-state index is 0.718. The van der Waals surface area contributed by atoms with Crippen LogP contribution in [0.1, 0.15) is 50.2 Å². The van der Waals surface area contributed by atoms with Crippen LogP contribution in [0.25, 0.3) is 0 Å². The summed E-state index contributed by atoms with van der Waals surface area (Å²) in [6.07, 6.45) is 6.87. The molecule has 0 aliphatic heterocycles. The van der Waals surface area contributed by atoms with Crippen LogP contribution < -0.4 is 5.32 Å². The zero-order valence-corrected chi connectivity index (χ0v) is 13.1. The summed E-state index contributed by atoms with van der Waals surface area (Å²) in [6, 6.07) is 7.37. The number of hydrogen-bond acceptors (Lipinski definition) is 1. The molecule has 2 heteroatoms. The number of hydrogen-bond donors (Lipinski definition) is 1. The van der Waals surface area contributed by atoms with Gasteiger partial charge in [0.1, 0.15) is 0 Å². The third-order valence-electron chi connectivity index (χ3n) is 4.09. The van der Waals surface area contributed by atoms with Crippen molar-refractivity contribution in [3.8, 4) is 0 Å². The van der Waals surface area contributed by atoms with Gasteiger partial charge in [0.05, 0.1) is 0 Å². The molecule has 0 aromatic heterocycles. The summed E-state index contributed by atoms with van der Waals surface area (Å²) < 4.78 is 1.22. The quantitative estimate of drug-likeness (QED) is 0.790. The van der Waals surface area contributed by atoms with Crippen molar-refractivity contribution < 1.29 is 0 Å². The minimum Gasteiger partial charge on any atom is -0.310 e. The number of rotatable bonds is 3. The number of nitrogens with one attached hydrogen (secondary N) is 1. The van der Waals surface area contributed by atoms with Gasteiger partial charge in [-0.2, -0.15) is 0 Å². The first-order valence-corrected chi connectivity index (χ1v) is 7.93. The van der Waals surface area contributed by atoms with Crippen molar-refractivity contribution in [3.63, 3.8) is 0 Å². The molecule has 18 heavy (non-hydrogen) atoms. The van der Waals surface area contributed by atoms with Gasteiger partial charge in [0.2, 0.25) is 0 Å². The van der Waals surface area contributed by atoms with Gasteiger partial charge in [0.25, 0.3) is 0 Å². The van der Waals surface area contributed by atoms with Crippen molar-refractivity contribution in [1.82, 2.24) is 5.32 Å². The highest BCUT2D eigenvalue weighted by Gasteiger charge is 2.15. The largest absolute Gasteiger partial charge is 0.310 e. The fourth-order valence-electron chi connectivity index (χ4n) is 2.70. The second kappa shape index (κ2) is 6.72. The van der Waals surface area contributed by atoms with Crippen LogP contribution in [0.15, 0.2) is 22.7 Å². The summed E-state index contributed by atoms with van der Waals surface area (Å²) in [5.41, 5.74) is 2.69. The van der Waals surface area contributed by atoms with Crippen LogP contribution >= 0.6 is 15.9 Å². The Kier molecular flexibility index (Phi) is 5.25. The molecule has 0 spiro atoms. The molecule has 0 amide bonds. The molecule has 1 saturated carbocycles. The standard InChI is InChI=1S/C16H24BrN/c1-12-4-3-5-15(9-6-12)18-11-14-8-7-13(2)16(17)10-14/h7-8,10,12,15,18H,3-6,9,11H2,1-2H3. The molecule has 1 aliphatic rings. The topological polar surface area (TPSA) is 12.0 Å². The van der Waals surface area contributed by atoms with Gasteiger partial charge in [0.15, 0.2) is 0 Å². The first-order chi connectivity index (χ1) is 8.65. The van der Waals surface area contributed by atoms with E-state index in [4.69, 9.17) is 0 Å². The summed E-state index contributed by atoms with van der Waals surface area (Å²) in [7, 11) is 0. The lowest BCUT2D eigenvalue weighted by Gasteiger charge is -2.16. The third-order valence-corrected chi connectivity index (χ3v) is 4.94. The van der Waals surface area contributed by atoms with E-state index < -0.39 is 0 Å². The van der Waals surface area contributed by atoms with E-state index in [1.807, 2.05) is 0 Å². The van der Waals surface area contributed by atoms with Gasteiger partial charge in [-0.25, -0.2) is 0 Å². The smallest absolute Gasteiger partial charge is 0.0208 e. The van der Waals surface area contributed by atoms with E-state index in [-0.39, 0.29) is 0 Å². The van der Waals surface area contributed by atoms with Crippen molar-refractivity contribution in [2.45, 2.75) is 58.5 Å². The first-order valence-electron chi connectivity index (χ1n) is 7.13. The van der Waals surface area contributed by atoms with Crippen molar-refractivity contribution in [2.75, 3.05) is 0 Å². The van der Waals surface area contributed by atoms with Gasteiger partial charge < -0.3 is 5.32 Å². The van der Waals surface area contributed by atoms with Crippen molar-refractivity contribution >= 4 is 15.9 Å². The van der Waals surface area contributed by atoms with E-state index >= 15 is 0 Å². The lowest BCUT2D eigenvalue weighted by atomic mass is 10.0. The van der Waals surface area contributed by atoms with Crippen molar-refractivity contribution in [2.24, 2.45) is 5.92 Å². The van der Waals surface area contributed by atoms with Crippen LogP contribution in [-0.2, 0) is 6.54 Å². The molecule has 0 heterocycles. The zero-order chi connectivity index (χ0) is 13.0. The fourth-order valence-corrected chi connectivity index (χ4v) is 3.13. The highest BCUT2D eigenvalue weighted by molar-refractivity contribution is 9.10. The van der Waals surface area contributed by atoms with Gasteiger partial charge in [-0.3, -0.25) is 0 Å². The highest BCUT2D eigenvalue weighted by atomic mass is 79.9. The lowest BCUT2D eigenvalue weighted by molar-refractivity contribution is 0.447. The van der Waals surface area contributed by atoms with Crippen LogP contribution in [-0.4, -0.2) is 6.04 Å². The minimum atomic E-state index is 0.718. The zero-order valence-electron chi connectivity index (χ0n) is 11.5. The van der Waals surface area contributed by atoms with E-state index in [0.717, 1.165) is 18.5 Å². The van der Waals surface area contributed by atoms with E-state index in [1.54, 1.807) is 0 Å². The molecule has 0 saturated heterocycles. The van der Waals surface area contributed by atoms with Crippen LogP contribution in [0.3, 0.4) is 0 Å². The summed E-state index contributed by atoms with van der Waals surface area (Å²) in [5.74, 6) is 0.922. The second-order valence-corrected chi connectivity index (χ2v) is 6.63. The number of aryl methyl sites for hydroxylation is 1. The number of benzene rings is 1. The molecule has 0 radical (unpaired) electrons. The molecular formula is C16H24BrN. The average Bonchev–Trinajstić information content (AvgIpc) is 2.56. The van der Waals surface area contributed by atoms with E-state index in [0.29, 0.717) is 0 Å². The summed E-state index contributed by atoms with van der Waals surface area (Å²) in [5, 5.41) is 3.72. The monoisotopic (exact) mass is 309 g/mol. The van der Waals surface area contributed by atoms with Crippen LogP contribution in [0.4, 0.5) is 0 Å². The van der Waals surface area contributed by atoms with Crippen molar-refractivity contribution in [1.29, 1.82) is 0 Å². The first kappa shape index (κ1) is 14.1. The Morgan fingerprint density at radius 2 is 2.06 bits per heavy atom. The SMILES string of the molecule is Cc1ccc(CNC2CCCC(C)CC2)cc1Br. The van der Waals surface area contributed by atoms with E-state index in [1.165, 1.54) is 47.7 Å². The molecule has 1 aromatic carbocycles. The fraction of sp³-hybridized carbons (Fsp3) is 0.625. The van der Waals surface area contributed by atoms with Gasteiger partial charge >= 0.3 is 0 Å². The molecular weight excluding hydrogens is 286 g/mol. The van der Waals surface area contributed by atoms with Gasteiger partial charge in [-0.15, -0.1) is 0 Å². The summed E-state index contributed by atoms with van der Waals surface area (Å²) >= 11 is 3.60. The molecule has 2 atom stereocenters. The number of halogens is 1. The van der Waals surface area contributed by atoms with E-state index in [2.05, 4.69) is 53.3 Å². The van der Waals surface area contributed by atoms with Crippen LogP contribution in [0, 0.1) is 12.8 Å².